The molecule has 0 aromatic carbocycles. The fraction of sp³-hybridized carbons (Fsp3) is 0.857. The second kappa shape index (κ2) is 4.24. The van der Waals surface area contributed by atoms with Crippen LogP contribution in [0, 0.1) is 0 Å². The first-order valence-electron chi connectivity index (χ1n) is 4.34. The van der Waals surface area contributed by atoms with Crippen molar-refractivity contribution in [2.45, 2.75) is 13.0 Å². The first-order chi connectivity index (χ1) is 6.45. The third-order valence-corrected chi connectivity index (χ3v) is 3.71. The number of rotatable bonds is 3. The average Bonchev–Trinajstić information content (AvgIpc) is 2.02. The molecule has 1 atom stereocenters. The maximum atomic E-state index is 11.5. The molecule has 1 amide bonds. The van der Waals surface area contributed by atoms with Gasteiger partial charge in [-0.05, 0) is 6.92 Å². The summed E-state index contributed by atoms with van der Waals surface area (Å²) in [6.07, 6.45) is 0. The molecule has 1 heterocycles. The summed E-state index contributed by atoms with van der Waals surface area (Å²) in [7, 11) is -3.48. The predicted molar refractivity (Wildman–Crippen MR) is 50.1 cm³/mol. The molecule has 1 fully saturated rings. The maximum Gasteiger partial charge on any atom is 0.235 e. The van der Waals surface area contributed by atoms with Crippen molar-refractivity contribution in [2.75, 3.05) is 25.4 Å². The normalized spacial score (nSPS) is 24.7. The number of piperazine rings is 1. The van der Waals surface area contributed by atoms with E-state index in [1.807, 2.05) is 0 Å². The van der Waals surface area contributed by atoms with Crippen LogP contribution in [0.1, 0.15) is 6.92 Å². The summed E-state index contributed by atoms with van der Waals surface area (Å²) in [5.41, 5.74) is 0. The highest BCUT2D eigenvalue weighted by atomic mass is 32.2. The Morgan fingerprint density at radius 3 is 2.79 bits per heavy atom. The zero-order chi connectivity index (χ0) is 10.8. The molecule has 0 aromatic heterocycles. The molecule has 82 valence electrons. The topological polar surface area (TPSA) is 86.7 Å². The van der Waals surface area contributed by atoms with E-state index < -0.39 is 16.6 Å². The highest BCUT2D eigenvalue weighted by Gasteiger charge is 2.29. The van der Waals surface area contributed by atoms with Crippen LogP contribution in [0.5, 0.6) is 0 Å². The Balaban J connectivity index is 2.73. The van der Waals surface area contributed by atoms with Crippen LogP contribution in [0.2, 0.25) is 0 Å². The van der Waals surface area contributed by atoms with Crippen LogP contribution in [-0.4, -0.2) is 55.2 Å². The number of hydrogen-bond donors (Lipinski definition) is 2. The molecule has 0 spiro atoms. The molecule has 0 bridgehead atoms. The van der Waals surface area contributed by atoms with Crippen LogP contribution >= 0.6 is 0 Å². The maximum absolute atomic E-state index is 11.5. The Morgan fingerprint density at radius 1 is 1.64 bits per heavy atom. The molecule has 0 saturated carbocycles. The smallest absolute Gasteiger partial charge is 0.235 e. The third kappa shape index (κ3) is 2.66. The van der Waals surface area contributed by atoms with Crippen molar-refractivity contribution >= 4 is 15.9 Å². The molecule has 1 saturated heterocycles. The third-order valence-electron chi connectivity index (χ3n) is 1.95. The molecule has 14 heavy (non-hydrogen) atoms. The molecule has 2 N–H and O–H groups in total. The fourth-order valence-electron chi connectivity index (χ4n) is 1.35. The van der Waals surface area contributed by atoms with Crippen LogP contribution < -0.4 is 5.32 Å². The van der Waals surface area contributed by atoms with Crippen molar-refractivity contribution in [3.63, 3.8) is 0 Å². The monoisotopic (exact) mass is 222 g/mol. The molecule has 0 aliphatic carbocycles. The van der Waals surface area contributed by atoms with E-state index in [1.165, 1.54) is 0 Å². The Morgan fingerprint density at radius 2 is 2.29 bits per heavy atom. The standard InChI is InChI=1S/C7H14N2O4S/c1-6-4-9(5-7(11)8-6)14(12,13)3-2-10/h6,10H,2-5H2,1H3,(H,8,11). The minimum atomic E-state index is -3.48. The van der Waals surface area contributed by atoms with Gasteiger partial charge in [-0.2, -0.15) is 4.31 Å². The van der Waals surface area contributed by atoms with Crippen LogP contribution in [-0.2, 0) is 14.8 Å². The van der Waals surface area contributed by atoms with E-state index in [2.05, 4.69) is 5.32 Å². The van der Waals surface area contributed by atoms with Crippen molar-refractivity contribution < 1.29 is 18.3 Å². The summed E-state index contributed by atoms with van der Waals surface area (Å²) >= 11 is 0. The van der Waals surface area contributed by atoms with E-state index in [9.17, 15) is 13.2 Å². The van der Waals surface area contributed by atoms with E-state index in [-0.39, 0.29) is 30.8 Å². The molecule has 6 nitrogen and oxygen atoms in total. The van der Waals surface area contributed by atoms with Crippen molar-refractivity contribution in [2.24, 2.45) is 0 Å². The number of nitrogens with zero attached hydrogens (tertiary/aromatic N) is 1. The van der Waals surface area contributed by atoms with Gasteiger partial charge in [-0.3, -0.25) is 4.79 Å². The summed E-state index contributed by atoms with van der Waals surface area (Å²) in [5, 5.41) is 11.2. The lowest BCUT2D eigenvalue weighted by atomic mass is 10.3. The summed E-state index contributed by atoms with van der Waals surface area (Å²) in [6, 6.07) is -0.176. The quantitative estimate of drug-likeness (QED) is 0.585. The molecular formula is C7H14N2O4S. The number of nitrogens with one attached hydrogen (secondary N) is 1. The van der Waals surface area contributed by atoms with Gasteiger partial charge in [-0.1, -0.05) is 0 Å². The first kappa shape index (κ1) is 11.4. The first-order valence-corrected chi connectivity index (χ1v) is 5.94. The minimum Gasteiger partial charge on any atom is -0.395 e. The highest BCUT2D eigenvalue weighted by molar-refractivity contribution is 7.89. The van der Waals surface area contributed by atoms with Crippen molar-refractivity contribution in [1.82, 2.24) is 9.62 Å². The van der Waals surface area contributed by atoms with Crippen LogP contribution in [0.25, 0.3) is 0 Å². The average molecular weight is 222 g/mol. The highest BCUT2D eigenvalue weighted by Crippen LogP contribution is 2.06. The number of aliphatic hydroxyl groups excluding tert-OH is 1. The summed E-state index contributed by atoms with van der Waals surface area (Å²) < 4.78 is 24.0. The summed E-state index contributed by atoms with van der Waals surface area (Å²) in [4.78, 5) is 11.1. The van der Waals surface area contributed by atoms with Gasteiger partial charge in [0.1, 0.15) is 0 Å². The van der Waals surface area contributed by atoms with Gasteiger partial charge in [0.15, 0.2) is 0 Å². The number of hydrogen-bond acceptors (Lipinski definition) is 4. The lowest BCUT2D eigenvalue weighted by molar-refractivity contribution is -0.123. The number of aliphatic hydroxyl groups is 1. The van der Waals surface area contributed by atoms with Gasteiger partial charge in [0.05, 0.1) is 18.9 Å². The second-order valence-corrected chi connectivity index (χ2v) is 5.39. The van der Waals surface area contributed by atoms with E-state index >= 15 is 0 Å². The number of carbonyl (C=O) groups excluding carboxylic acids is 1. The zero-order valence-corrected chi connectivity index (χ0v) is 8.75. The van der Waals surface area contributed by atoms with Gasteiger partial charge >= 0.3 is 0 Å². The van der Waals surface area contributed by atoms with Gasteiger partial charge in [-0.15, -0.1) is 0 Å². The number of carbonyl (C=O) groups is 1. The molecular weight excluding hydrogens is 208 g/mol. The van der Waals surface area contributed by atoms with Crippen LogP contribution in [0.3, 0.4) is 0 Å². The number of sulfonamides is 1. The van der Waals surface area contributed by atoms with E-state index in [1.54, 1.807) is 6.92 Å². The van der Waals surface area contributed by atoms with Gasteiger partial charge in [-0.25, -0.2) is 8.42 Å². The Kier molecular flexibility index (Phi) is 3.46. The summed E-state index contributed by atoms with van der Waals surface area (Å²) in [5.74, 6) is -0.627. The van der Waals surface area contributed by atoms with Crippen molar-refractivity contribution in [1.29, 1.82) is 0 Å². The Labute approximate surface area is 82.9 Å². The zero-order valence-electron chi connectivity index (χ0n) is 7.93. The van der Waals surface area contributed by atoms with E-state index in [0.29, 0.717) is 0 Å². The van der Waals surface area contributed by atoms with Gasteiger partial charge < -0.3 is 10.4 Å². The largest absolute Gasteiger partial charge is 0.395 e. The Bertz CT molecular complexity index is 314. The molecule has 1 aliphatic heterocycles. The van der Waals surface area contributed by atoms with Crippen LogP contribution in [0.4, 0.5) is 0 Å². The SMILES string of the molecule is CC1CN(S(=O)(=O)CCO)CC(=O)N1. The molecule has 0 aromatic rings. The van der Waals surface area contributed by atoms with Crippen LogP contribution in [0.15, 0.2) is 0 Å². The fourth-order valence-corrected chi connectivity index (χ4v) is 2.61. The molecule has 7 heteroatoms. The molecule has 1 unspecified atom stereocenters. The lowest BCUT2D eigenvalue weighted by Crippen LogP contribution is -2.55. The molecule has 0 radical (unpaired) electrons. The second-order valence-electron chi connectivity index (χ2n) is 3.30. The van der Waals surface area contributed by atoms with E-state index in [0.717, 1.165) is 4.31 Å². The predicted octanol–water partition coefficient (Wildman–Crippen LogP) is -1.87. The lowest BCUT2D eigenvalue weighted by Gasteiger charge is -2.30. The minimum absolute atomic E-state index is 0.146. The molecule has 1 aliphatic rings. The van der Waals surface area contributed by atoms with Gasteiger partial charge in [0.25, 0.3) is 0 Å². The van der Waals surface area contributed by atoms with Gasteiger partial charge in [0, 0.05) is 12.6 Å². The summed E-state index contributed by atoms with van der Waals surface area (Å²) in [6.45, 7) is 1.44. The Hall–Kier alpha value is -0.660. The van der Waals surface area contributed by atoms with E-state index in [4.69, 9.17) is 5.11 Å². The number of amides is 1. The molecule has 1 rings (SSSR count). The van der Waals surface area contributed by atoms with Crippen molar-refractivity contribution in [3.8, 4) is 0 Å². The van der Waals surface area contributed by atoms with Gasteiger partial charge in [0.2, 0.25) is 15.9 Å². The van der Waals surface area contributed by atoms with Crippen molar-refractivity contribution in [3.05, 3.63) is 0 Å².